The Labute approximate surface area is 154 Å². The van der Waals surface area contributed by atoms with E-state index in [-0.39, 0.29) is 18.3 Å². The molecule has 6 heteroatoms. The summed E-state index contributed by atoms with van der Waals surface area (Å²) in [4.78, 5) is 18.8. The Morgan fingerprint density at radius 2 is 1.88 bits per heavy atom. The number of amides is 1. The van der Waals surface area contributed by atoms with Crippen LogP contribution in [0.4, 0.5) is 0 Å². The van der Waals surface area contributed by atoms with Crippen molar-refractivity contribution < 1.29 is 4.79 Å². The van der Waals surface area contributed by atoms with Crippen molar-refractivity contribution in [1.29, 1.82) is 0 Å². The van der Waals surface area contributed by atoms with Gasteiger partial charge in [-0.1, -0.05) is 0 Å². The first kappa shape index (κ1) is 18.0. The SMILES string of the molecule is Cl.O=C(c1ccc(-n2ccnc2)cc1)N1CCC2(CCCNC2)CC1. The fourth-order valence-electron chi connectivity index (χ4n) is 4.01. The maximum absolute atomic E-state index is 12.8. The smallest absolute Gasteiger partial charge is 0.253 e. The van der Waals surface area contributed by atoms with Crippen LogP contribution in [-0.2, 0) is 0 Å². The number of imidazole rings is 1. The summed E-state index contributed by atoms with van der Waals surface area (Å²) in [5, 5.41) is 3.53. The first-order valence-corrected chi connectivity index (χ1v) is 8.84. The van der Waals surface area contributed by atoms with Gasteiger partial charge in [0.1, 0.15) is 0 Å². The molecule has 4 rings (SSSR count). The standard InChI is InChI=1S/C19H24N4O.ClH/c24-18(16-2-4-17(5-3-16)23-13-10-21-15-23)22-11-7-19(8-12-22)6-1-9-20-14-19;/h2-5,10,13,15,20H,1,6-9,11-12,14H2;1H. The molecule has 1 N–H and O–H groups in total. The number of halogens is 1. The van der Waals surface area contributed by atoms with E-state index in [2.05, 4.69) is 10.3 Å². The second-order valence-electron chi connectivity index (χ2n) is 7.09. The van der Waals surface area contributed by atoms with Gasteiger partial charge in [-0.3, -0.25) is 4.79 Å². The van der Waals surface area contributed by atoms with E-state index in [1.807, 2.05) is 39.9 Å². The molecule has 0 radical (unpaired) electrons. The van der Waals surface area contributed by atoms with Gasteiger partial charge in [-0.2, -0.15) is 0 Å². The number of nitrogens with one attached hydrogen (secondary N) is 1. The van der Waals surface area contributed by atoms with Crippen molar-refractivity contribution in [2.24, 2.45) is 5.41 Å². The maximum atomic E-state index is 12.8. The molecule has 0 unspecified atom stereocenters. The van der Waals surface area contributed by atoms with E-state index in [1.165, 1.54) is 12.8 Å². The summed E-state index contributed by atoms with van der Waals surface area (Å²) in [7, 11) is 0. The molecule has 2 saturated heterocycles. The monoisotopic (exact) mass is 360 g/mol. The highest BCUT2D eigenvalue weighted by molar-refractivity contribution is 5.94. The number of nitrogens with zero attached hydrogens (tertiary/aromatic N) is 3. The average Bonchev–Trinajstić information content (AvgIpc) is 3.17. The molecule has 0 atom stereocenters. The van der Waals surface area contributed by atoms with E-state index in [0.717, 1.165) is 50.3 Å². The lowest BCUT2D eigenvalue weighted by atomic mass is 9.73. The molecule has 2 fully saturated rings. The quantitative estimate of drug-likeness (QED) is 0.895. The van der Waals surface area contributed by atoms with Gasteiger partial charge >= 0.3 is 0 Å². The number of rotatable bonds is 2. The van der Waals surface area contributed by atoms with Crippen molar-refractivity contribution in [3.05, 3.63) is 48.5 Å². The van der Waals surface area contributed by atoms with E-state index in [9.17, 15) is 4.79 Å². The molecule has 1 aromatic carbocycles. The highest BCUT2D eigenvalue weighted by atomic mass is 35.5. The third-order valence-electron chi connectivity index (χ3n) is 5.59. The summed E-state index contributed by atoms with van der Waals surface area (Å²) < 4.78 is 1.94. The zero-order chi connectivity index (χ0) is 16.4. The molecular formula is C19H25ClN4O. The van der Waals surface area contributed by atoms with Crippen LogP contribution in [0.5, 0.6) is 0 Å². The van der Waals surface area contributed by atoms with Crippen LogP contribution in [0, 0.1) is 5.41 Å². The highest BCUT2D eigenvalue weighted by Crippen LogP contribution is 2.37. The van der Waals surface area contributed by atoms with Crippen molar-refractivity contribution in [2.75, 3.05) is 26.2 Å². The van der Waals surface area contributed by atoms with Crippen LogP contribution >= 0.6 is 12.4 Å². The van der Waals surface area contributed by atoms with Gasteiger partial charge in [-0.25, -0.2) is 4.98 Å². The molecule has 1 spiro atoms. The first-order chi connectivity index (χ1) is 11.8. The molecule has 1 amide bonds. The lowest BCUT2D eigenvalue weighted by Crippen LogP contribution is -2.49. The summed E-state index contributed by atoms with van der Waals surface area (Å²) in [5.74, 6) is 0.158. The first-order valence-electron chi connectivity index (χ1n) is 8.84. The van der Waals surface area contributed by atoms with Crippen LogP contribution in [0.25, 0.3) is 5.69 Å². The summed E-state index contributed by atoms with van der Waals surface area (Å²) in [6.45, 7) is 4.02. The Balaban J connectivity index is 0.00000182. The van der Waals surface area contributed by atoms with Gasteiger partial charge in [-0.05, 0) is 61.9 Å². The van der Waals surface area contributed by atoms with Crippen LogP contribution in [-0.4, -0.2) is 46.5 Å². The van der Waals surface area contributed by atoms with Crippen LogP contribution < -0.4 is 5.32 Å². The molecule has 2 aliphatic rings. The number of aromatic nitrogens is 2. The maximum Gasteiger partial charge on any atom is 0.253 e. The molecule has 5 nitrogen and oxygen atoms in total. The topological polar surface area (TPSA) is 50.2 Å². The number of piperidine rings is 2. The second kappa shape index (κ2) is 7.58. The largest absolute Gasteiger partial charge is 0.339 e. The Bertz CT molecular complexity index is 683. The van der Waals surface area contributed by atoms with Gasteiger partial charge < -0.3 is 14.8 Å². The van der Waals surface area contributed by atoms with E-state index >= 15 is 0 Å². The minimum absolute atomic E-state index is 0. The minimum Gasteiger partial charge on any atom is -0.339 e. The highest BCUT2D eigenvalue weighted by Gasteiger charge is 2.36. The molecule has 2 aromatic rings. The van der Waals surface area contributed by atoms with Crippen molar-refractivity contribution >= 4 is 18.3 Å². The molecule has 1 aromatic heterocycles. The molecule has 0 saturated carbocycles. The zero-order valence-electron chi connectivity index (χ0n) is 14.4. The van der Waals surface area contributed by atoms with Gasteiger partial charge in [0, 0.05) is 43.3 Å². The normalized spacial score (nSPS) is 19.4. The number of hydrogen-bond donors (Lipinski definition) is 1. The van der Waals surface area contributed by atoms with Gasteiger partial charge in [0.05, 0.1) is 6.33 Å². The van der Waals surface area contributed by atoms with E-state index in [1.54, 1.807) is 12.5 Å². The fraction of sp³-hybridized carbons (Fsp3) is 0.474. The summed E-state index contributed by atoms with van der Waals surface area (Å²) in [6.07, 6.45) is 10.2. The Hall–Kier alpha value is -1.85. The Kier molecular flexibility index (Phi) is 5.45. The van der Waals surface area contributed by atoms with Crippen molar-refractivity contribution in [3.8, 4) is 5.69 Å². The lowest BCUT2D eigenvalue weighted by Gasteiger charge is -2.44. The third-order valence-corrected chi connectivity index (χ3v) is 5.59. The van der Waals surface area contributed by atoms with Gasteiger partial charge in [0.15, 0.2) is 0 Å². The van der Waals surface area contributed by atoms with Crippen molar-refractivity contribution in [2.45, 2.75) is 25.7 Å². The van der Waals surface area contributed by atoms with Crippen LogP contribution in [0.2, 0.25) is 0 Å². The zero-order valence-corrected chi connectivity index (χ0v) is 15.2. The minimum atomic E-state index is 0. The van der Waals surface area contributed by atoms with Crippen molar-refractivity contribution in [3.63, 3.8) is 0 Å². The van der Waals surface area contributed by atoms with Gasteiger partial charge in [0.2, 0.25) is 0 Å². The van der Waals surface area contributed by atoms with E-state index < -0.39 is 0 Å². The van der Waals surface area contributed by atoms with Crippen molar-refractivity contribution in [1.82, 2.24) is 19.8 Å². The molecule has 0 aliphatic carbocycles. The average molecular weight is 361 g/mol. The predicted octanol–water partition coefficient (Wildman–Crippen LogP) is 2.90. The third kappa shape index (κ3) is 3.72. The number of carbonyl (C=O) groups excluding carboxylic acids is 1. The second-order valence-corrected chi connectivity index (χ2v) is 7.09. The van der Waals surface area contributed by atoms with Crippen LogP contribution in [0.3, 0.4) is 0 Å². The van der Waals surface area contributed by atoms with Crippen LogP contribution in [0.15, 0.2) is 43.0 Å². The van der Waals surface area contributed by atoms with Gasteiger partial charge in [0.25, 0.3) is 5.91 Å². The summed E-state index contributed by atoms with van der Waals surface area (Å²) >= 11 is 0. The van der Waals surface area contributed by atoms with Crippen LogP contribution in [0.1, 0.15) is 36.0 Å². The Morgan fingerprint density at radius 1 is 1.12 bits per heavy atom. The molecule has 0 bridgehead atoms. The number of carbonyl (C=O) groups is 1. The van der Waals surface area contributed by atoms with E-state index in [4.69, 9.17) is 0 Å². The number of benzene rings is 1. The van der Waals surface area contributed by atoms with E-state index in [0.29, 0.717) is 5.41 Å². The summed E-state index contributed by atoms with van der Waals surface area (Å²) in [6, 6.07) is 7.80. The lowest BCUT2D eigenvalue weighted by molar-refractivity contribution is 0.0513. The number of likely N-dealkylation sites (tertiary alicyclic amines) is 1. The molecule has 134 valence electrons. The molecule has 2 aliphatic heterocycles. The molecular weight excluding hydrogens is 336 g/mol. The fourth-order valence-corrected chi connectivity index (χ4v) is 4.01. The Morgan fingerprint density at radius 3 is 2.48 bits per heavy atom. The molecule has 25 heavy (non-hydrogen) atoms. The number of hydrogen-bond acceptors (Lipinski definition) is 3. The molecule has 3 heterocycles. The van der Waals surface area contributed by atoms with Gasteiger partial charge in [-0.15, -0.1) is 12.4 Å². The summed E-state index contributed by atoms with van der Waals surface area (Å²) in [5.41, 5.74) is 2.23. The predicted molar refractivity (Wildman–Crippen MR) is 100 cm³/mol.